The number of hydrogen-bond donors (Lipinski definition) is 2. The average molecular weight is 275 g/mol. The molecule has 0 amide bonds. The highest BCUT2D eigenvalue weighted by molar-refractivity contribution is 5.77. The monoisotopic (exact) mass is 275 g/mol. The number of nitrogens with one attached hydrogen (secondary N) is 1. The standard InChI is InChI=1S/C16H25N3O/c1-12-10-19(11-16(2,3)20-12)14(9-15(17)18)13-7-5-4-6-8-13/h4-8,12,14H,9-11H2,1-3H3,(H3,17,18). The van der Waals surface area contributed by atoms with Gasteiger partial charge in [0.1, 0.15) is 0 Å². The number of benzene rings is 1. The van der Waals surface area contributed by atoms with Crippen LogP contribution in [0.5, 0.6) is 0 Å². The van der Waals surface area contributed by atoms with Crippen LogP contribution in [0.2, 0.25) is 0 Å². The summed E-state index contributed by atoms with van der Waals surface area (Å²) in [6, 6.07) is 10.5. The molecule has 0 aliphatic carbocycles. The van der Waals surface area contributed by atoms with E-state index in [4.69, 9.17) is 15.9 Å². The minimum Gasteiger partial charge on any atom is -0.388 e. The third-order valence-electron chi connectivity index (χ3n) is 3.63. The van der Waals surface area contributed by atoms with Crippen LogP contribution in [-0.4, -0.2) is 35.5 Å². The van der Waals surface area contributed by atoms with Gasteiger partial charge in [-0.3, -0.25) is 10.3 Å². The van der Waals surface area contributed by atoms with E-state index in [1.165, 1.54) is 5.56 Å². The van der Waals surface area contributed by atoms with Crippen molar-refractivity contribution in [3.63, 3.8) is 0 Å². The zero-order valence-electron chi connectivity index (χ0n) is 12.6. The molecule has 2 rings (SSSR count). The smallest absolute Gasteiger partial charge is 0.0924 e. The number of rotatable bonds is 4. The first kappa shape index (κ1) is 15.0. The third kappa shape index (κ3) is 3.81. The summed E-state index contributed by atoms with van der Waals surface area (Å²) in [4.78, 5) is 2.39. The second-order valence-corrected chi connectivity index (χ2v) is 6.27. The summed E-state index contributed by atoms with van der Waals surface area (Å²) in [5.74, 6) is 0.232. The molecule has 0 radical (unpaired) electrons. The zero-order valence-corrected chi connectivity index (χ0v) is 12.6. The van der Waals surface area contributed by atoms with Crippen LogP contribution in [0.15, 0.2) is 30.3 Å². The van der Waals surface area contributed by atoms with Gasteiger partial charge >= 0.3 is 0 Å². The number of nitrogens with two attached hydrogens (primary N) is 1. The fraction of sp³-hybridized carbons (Fsp3) is 0.562. The molecule has 1 aliphatic heterocycles. The molecule has 4 heteroatoms. The molecule has 1 saturated heterocycles. The SMILES string of the molecule is CC1CN(C(CC(=N)N)c2ccccc2)CC(C)(C)O1. The minimum atomic E-state index is -0.165. The lowest BCUT2D eigenvalue weighted by molar-refractivity contribution is -0.138. The van der Waals surface area contributed by atoms with Crippen molar-refractivity contribution in [2.75, 3.05) is 13.1 Å². The predicted molar refractivity (Wildman–Crippen MR) is 81.9 cm³/mol. The maximum absolute atomic E-state index is 7.66. The Morgan fingerprint density at radius 2 is 2.10 bits per heavy atom. The van der Waals surface area contributed by atoms with Gasteiger partial charge in [0.2, 0.25) is 0 Å². The molecule has 1 aromatic carbocycles. The van der Waals surface area contributed by atoms with Gasteiger partial charge in [-0.1, -0.05) is 30.3 Å². The lowest BCUT2D eigenvalue weighted by Gasteiger charge is -2.45. The first-order valence-corrected chi connectivity index (χ1v) is 7.17. The second-order valence-electron chi connectivity index (χ2n) is 6.27. The molecule has 0 saturated carbocycles. The van der Waals surface area contributed by atoms with Crippen molar-refractivity contribution < 1.29 is 4.74 Å². The Balaban J connectivity index is 2.24. The van der Waals surface area contributed by atoms with E-state index in [-0.39, 0.29) is 23.6 Å². The van der Waals surface area contributed by atoms with E-state index in [0.717, 1.165) is 13.1 Å². The van der Waals surface area contributed by atoms with Crippen LogP contribution >= 0.6 is 0 Å². The number of amidine groups is 1. The molecule has 0 aromatic heterocycles. The summed E-state index contributed by atoms with van der Waals surface area (Å²) in [5.41, 5.74) is 6.72. The number of nitrogens with zero attached hydrogens (tertiary/aromatic N) is 1. The van der Waals surface area contributed by atoms with E-state index in [0.29, 0.717) is 6.42 Å². The van der Waals surface area contributed by atoms with E-state index < -0.39 is 0 Å². The van der Waals surface area contributed by atoms with Crippen molar-refractivity contribution in [2.24, 2.45) is 5.73 Å². The highest BCUT2D eigenvalue weighted by Gasteiger charge is 2.35. The molecule has 3 N–H and O–H groups in total. The first-order valence-electron chi connectivity index (χ1n) is 7.17. The molecular weight excluding hydrogens is 250 g/mol. The van der Waals surface area contributed by atoms with Crippen LogP contribution in [0.25, 0.3) is 0 Å². The lowest BCUT2D eigenvalue weighted by atomic mass is 9.97. The van der Waals surface area contributed by atoms with E-state index in [1.807, 2.05) is 18.2 Å². The molecule has 2 unspecified atom stereocenters. The van der Waals surface area contributed by atoms with Crippen molar-refractivity contribution in [1.82, 2.24) is 4.90 Å². The van der Waals surface area contributed by atoms with Crippen molar-refractivity contribution in [3.8, 4) is 0 Å². The van der Waals surface area contributed by atoms with Gasteiger partial charge < -0.3 is 10.5 Å². The molecule has 1 fully saturated rings. The van der Waals surface area contributed by atoms with Crippen molar-refractivity contribution in [1.29, 1.82) is 5.41 Å². The summed E-state index contributed by atoms with van der Waals surface area (Å²) in [6.07, 6.45) is 0.754. The van der Waals surface area contributed by atoms with Gasteiger partial charge in [0.05, 0.1) is 17.5 Å². The fourth-order valence-electron chi connectivity index (χ4n) is 3.08. The van der Waals surface area contributed by atoms with Gasteiger partial charge in [0.15, 0.2) is 0 Å². The lowest BCUT2D eigenvalue weighted by Crippen LogP contribution is -2.53. The molecule has 20 heavy (non-hydrogen) atoms. The minimum absolute atomic E-state index is 0.152. The van der Waals surface area contributed by atoms with E-state index in [9.17, 15) is 0 Å². The van der Waals surface area contributed by atoms with Crippen LogP contribution in [0.3, 0.4) is 0 Å². The largest absolute Gasteiger partial charge is 0.388 e. The Morgan fingerprint density at radius 1 is 1.45 bits per heavy atom. The maximum Gasteiger partial charge on any atom is 0.0924 e. The van der Waals surface area contributed by atoms with Crippen molar-refractivity contribution in [3.05, 3.63) is 35.9 Å². The quantitative estimate of drug-likeness (QED) is 0.655. The van der Waals surface area contributed by atoms with Gasteiger partial charge in [-0.25, -0.2) is 0 Å². The maximum atomic E-state index is 7.66. The number of morpholine rings is 1. The average Bonchev–Trinajstić information content (AvgIpc) is 2.34. The Kier molecular flexibility index (Phi) is 4.45. The van der Waals surface area contributed by atoms with Gasteiger partial charge in [-0.05, 0) is 26.3 Å². The molecule has 1 aromatic rings. The molecule has 2 atom stereocenters. The highest BCUT2D eigenvalue weighted by atomic mass is 16.5. The highest BCUT2D eigenvalue weighted by Crippen LogP contribution is 2.31. The molecule has 1 aliphatic rings. The summed E-state index contributed by atoms with van der Waals surface area (Å²) in [5, 5.41) is 7.66. The molecule has 4 nitrogen and oxygen atoms in total. The Morgan fingerprint density at radius 3 is 2.65 bits per heavy atom. The number of hydrogen-bond acceptors (Lipinski definition) is 3. The van der Waals surface area contributed by atoms with Crippen LogP contribution < -0.4 is 5.73 Å². The van der Waals surface area contributed by atoms with Gasteiger partial charge in [-0.2, -0.15) is 0 Å². The topological polar surface area (TPSA) is 62.3 Å². The molecule has 110 valence electrons. The predicted octanol–water partition coefficient (Wildman–Crippen LogP) is 2.55. The number of ether oxygens (including phenoxy) is 1. The summed E-state index contributed by atoms with van der Waals surface area (Å²) in [6.45, 7) is 8.06. The van der Waals surface area contributed by atoms with Crippen molar-refractivity contribution >= 4 is 5.84 Å². The van der Waals surface area contributed by atoms with Gasteiger partial charge in [0.25, 0.3) is 0 Å². The molecule has 1 heterocycles. The molecule has 0 spiro atoms. The van der Waals surface area contributed by atoms with E-state index in [2.05, 4.69) is 37.8 Å². The Bertz CT molecular complexity index is 458. The van der Waals surface area contributed by atoms with Crippen LogP contribution in [0.4, 0.5) is 0 Å². The Hall–Kier alpha value is -1.39. The third-order valence-corrected chi connectivity index (χ3v) is 3.63. The molecular formula is C16H25N3O. The fourth-order valence-corrected chi connectivity index (χ4v) is 3.08. The van der Waals surface area contributed by atoms with Gasteiger partial charge in [0, 0.05) is 25.6 Å². The van der Waals surface area contributed by atoms with Crippen LogP contribution in [0, 0.1) is 5.41 Å². The van der Waals surface area contributed by atoms with E-state index in [1.54, 1.807) is 0 Å². The zero-order chi connectivity index (χ0) is 14.8. The summed E-state index contributed by atoms with van der Waals surface area (Å²) in [7, 11) is 0. The van der Waals surface area contributed by atoms with E-state index >= 15 is 0 Å². The summed E-state index contributed by atoms with van der Waals surface area (Å²) < 4.78 is 5.97. The van der Waals surface area contributed by atoms with Gasteiger partial charge in [-0.15, -0.1) is 0 Å². The second kappa shape index (κ2) is 5.94. The normalized spacial score (nSPS) is 24.2. The first-order chi connectivity index (χ1) is 9.37. The summed E-state index contributed by atoms with van der Waals surface area (Å²) >= 11 is 0. The van der Waals surface area contributed by atoms with Crippen LogP contribution in [0.1, 0.15) is 38.8 Å². The van der Waals surface area contributed by atoms with Crippen molar-refractivity contribution in [2.45, 2.75) is 44.9 Å². The van der Waals surface area contributed by atoms with Crippen LogP contribution in [-0.2, 0) is 4.74 Å². The Labute approximate surface area is 121 Å². The molecule has 0 bridgehead atoms.